The molecule has 1 atom stereocenters. The van der Waals surface area contributed by atoms with E-state index in [0.717, 1.165) is 5.92 Å². The minimum atomic E-state index is 0.209. The van der Waals surface area contributed by atoms with Crippen molar-refractivity contribution in [3.8, 4) is 0 Å². The summed E-state index contributed by atoms with van der Waals surface area (Å²) in [5, 5.41) is 0. The zero-order chi connectivity index (χ0) is 9.40. The molecule has 0 saturated heterocycles. The van der Waals surface area contributed by atoms with Gasteiger partial charge < -0.3 is 5.73 Å². The first kappa shape index (κ1) is 11.7. The summed E-state index contributed by atoms with van der Waals surface area (Å²) in [6, 6.07) is 0.209. The molecule has 2 N–H and O–H groups in total. The highest BCUT2D eigenvalue weighted by Crippen LogP contribution is 2.14. The average molecular weight is 169 g/mol. The minimum Gasteiger partial charge on any atom is -0.325 e. The van der Waals surface area contributed by atoms with E-state index in [1.807, 2.05) is 6.92 Å². The van der Waals surface area contributed by atoms with E-state index in [4.69, 9.17) is 5.73 Å². The van der Waals surface area contributed by atoms with Crippen LogP contribution in [-0.2, 0) is 0 Å². The summed E-state index contributed by atoms with van der Waals surface area (Å²) in [6.45, 7) is 6.50. The first-order valence-electron chi connectivity index (χ1n) is 5.14. The SMILES string of the molecule is CCCC(/C=C/C(C)N)CCC. The molecule has 0 heterocycles. The Kier molecular flexibility index (Phi) is 7.17. The van der Waals surface area contributed by atoms with E-state index in [1.54, 1.807) is 0 Å². The first-order chi connectivity index (χ1) is 5.70. The van der Waals surface area contributed by atoms with Crippen molar-refractivity contribution in [1.29, 1.82) is 0 Å². The summed E-state index contributed by atoms with van der Waals surface area (Å²) in [6.07, 6.45) is 9.56. The maximum Gasteiger partial charge on any atom is 0.0194 e. The van der Waals surface area contributed by atoms with Gasteiger partial charge in [-0.3, -0.25) is 0 Å². The summed E-state index contributed by atoms with van der Waals surface area (Å²) in [5.74, 6) is 0.756. The summed E-state index contributed by atoms with van der Waals surface area (Å²) >= 11 is 0. The third-order valence-corrected chi connectivity index (χ3v) is 2.01. The second kappa shape index (κ2) is 7.35. The average Bonchev–Trinajstić information content (AvgIpc) is 2.01. The highest BCUT2D eigenvalue weighted by Gasteiger charge is 2.01. The van der Waals surface area contributed by atoms with Crippen LogP contribution in [0.25, 0.3) is 0 Å². The van der Waals surface area contributed by atoms with Crippen LogP contribution in [0.2, 0.25) is 0 Å². The van der Waals surface area contributed by atoms with Crippen molar-refractivity contribution in [2.45, 2.75) is 52.5 Å². The standard InChI is InChI=1S/C11H23N/c1-4-6-11(7-5-2)9-8-10(3)12/h8-11H,4-7,12H2,1-3H3/b9-8+. The fourth-order valence-electron chi connectivity index (χ4n) is 1.41. The Morgan fingerprint density at radius 1 is 1.08 bits per heavy atom. The fraction of sp³-hybridized carbons (Fsp3) is 0.818. The van der Waals surface area contributed by atoms with E-state index in [9.17, 15) is 0 Å². The van der Waals surface area contributed by atoms with Crippen LogP contribution in [0, 0.1) is 5.92 Å². The van der Waals surface area contributed by atoms with Gasteiger partial charge in [-0.15, -0.1) is 0 Å². The maximum atomic E-state index is 5.65. The van der Waals surface area contributed by atoms with Gasteiger partial charge in [0.05, 0.1) is 0 Å². The van der Waals surface area contributed by atoms with Crippen molar-refractivity contribution in [2.75, 3.05) is 0 Å². The van der Waals surface area contributed by atoms with Gasteiger partial charge in [0.1, 0.15) is 0 Å². The predicted octanol–water partition coefficient (Wildman–Crippen LogP) is 3.11. The topological polar surface area (TPSA) is 26.0 Å². The Morgan fingerprint density at radius 3 is 1.92 bits per heavy atom. The normalized spacial score (nSPS) is 14.4. The summed E-state index contributed by atoms with van der Waals surface area (Å²) < 4.78 is 0. The molecule has 0 amide bonds. The van der Waals surface area contributed by atoms with Gasteiger partial charge in [0.2, 0.25) is 0 Å². The van der Waals surface area contributed by atoms with Crippen LogP contribution < -0.4 is 5.73 Å². The third-order valence-electron chi connectivity index (χ3n) is 2.01. The molecule has 0 fully saturated rings. The quantitative estimate of drug-likeness (QED) is 0.607. The van der Waals surface area contributed by atoms with E-state index in [1.165, 1.54) is 25.7 Å². The molecule has 0 aromatic heterocycles. The van der Waals surface area contributed by atoms with Crippen LogP contribution >= 0.6 is 0 Å². The van der Waals surface area contributed by atoms with Crippen molar-refractivity contribution in [3.05, 3.63) is 12.2 Å². The summed E-state index contributed by atoms with van der Waals surface area (Å²) in [5.41, 5.74) is 5.65. The van der Waals surface area contributed by atoms with Gasteiger partial charge in [0.25, 0.3) is 0 Å². The molecular weight excluding hydrogens is 146 g/mol. The highest BCUT2D eigenvalue weighted by molar-refractivity contribution is 4.93. The Hall–Kier alpha value is -0.300. The number of nitrogens with two attached hydrogens (primary N) is 1. The lowest BCUT2D eigenvalue weighted by Crippen LogP contribution is -2.11. The van der Waals surface area contributed by atoms with Gasteiger partial charge in [-0.1, -0.05) is 38.8 Å². The van der Waals surface area contributed by atoms with Crippen LogP contribution in [0.3, 0.4) is 0 Å². The monoisotopic (exact) mass is 169 g/mol. The molecular formula is C11H23N. The minimum absolute atomic E-state index is 0.209. The lowest BCUT2D eigenvalue weighted by atomic mass is 9.97. The molecule has 1 nitrogen and oxygen atoms in total. The molecule has 0 aromatic carbocycles. The molecule has 1 heteroatoms. The first-order valence-corrected chi connectivity index (χ1v) is 5.14. The second-order valence-corrected chi connectivity index (χ2v) is 3.58. The van der Waals surface area contributed by atoms with Crippen LogP contribution in [0.15, 0.2) is 12.2 Å². The molecule has 12 heavy (non-hydrogen) atoms. The lowest BCUT2D eigenvalue weighted by molar-refractivity contribution is 0.528. The van der Waals surface area contributed by atoms with Crippen LogP contribution in [0.1, 0.15) is 46.5 Å². The van der Waals surface area contributed by atoms with Gasteiger partial charge in [-0.2, -0.15) is 0 Å². The van der Waals surface area contributed by atoms with Crippen molar-refractivity contribution < 1.29 is 0 Å². The third kappa shape index (κ3) is 6.41. The maximum absolute atomic E-state index is 5.65. The van der Waals surface area contributed by atoms with Gasteiger partial charge in [0.15, 0.2) is 0 Å². The Bertz CT molecular complexity index is 110. The molecule has 0 aromatic rings. The van der Waals surface area contributed by atoms with E-state index in [-0.39, 0.29) is 6.04 Å². The molecule has 0 saturated carbocycles. The molecule has 72 valence electrons. The number of hydrogen-bond donors (Lipinski definition) is 1. The Morgan fingerprint density at radius 2 is 1.58 bits per heavy atom. The number of allylic oxidation sites excluding steroid dienone is 1. The molecule has 0 aliphatic rings. The van der Waals surface area contributed by atoms with Crippen molar-refractivity contribution in [1.82, 2.24) is 0 Å². The van der Waals surface area contributed by atoms with E-state index >= 15 is 0 Å². The smallest absolute Gasteiger partial charge is 0.0194 e. The number of rotatable bonds is 6. The fourth-order valence-corrected chi connectivity index (χ4v) is 1.41. The highest BCUT2D eigenvalue weighted by atomic mass is 14.6. The second-order valence-electron chi connectivity index (χ2n) is 3.58. The van der Waals surface area contributed by atoms with E-state index < -0.39 is 0 Å². The Balaban J connectivity index is 3.76. The molecule has 1 unspecified atom stereocenters. The van der Waals surface area contributed by atoms with E-state index in [0.29, 0.717) is 0 Å². The van der Waals surface area contributed by atoms with Gasteiger partial charge in [-0.25, -0.2) is 0 Å². The molecule has 0 bridgehead atoms. The van der Waals surface area contributed by atoms with Crippen LogP contribution in [-0.4, -0.2) is 6.04 Å². The lowest BCUT2D eigenvalue weighted by Gasteiger charge is -2.09. The van der Waals surface area contributed by atoms with Gasteiger partial charge >= 0.3 is 0 Å². The van der Waals surface area contributed by atoms with E-state index in [2.05, 4.69) is 26.0 Å². The molecule has 0 aliphatic carbocycles. The van der Waals surface area contributed by atoms with Crippen LogP contribution in [0.4, 0.5) is 0 Å². The zero-order valence-electron chi connectivity index (χ0n) is 8.72. The van der Waals surface area contributed by atoms with Crippen molar-refractivity contribution in [3.63, 3.8) is 0 Å². The summed E-state index contributed by atoms with van der Waals surface area (Å²) in [4.78, 5) is 0. The van der Waals surface area contributed by atoms with Crippen molar-refractivity contribution in [2.24, 2.45) is 11.7 Å². The summed E-state index contributed by atoms with van der Waals surface area (Å²) in [7, 11) is 0. The largest absolute Gasteiger partial charge is 0.325 e. The van der Waals surface area contributed by atoms with Crippen molar-refractivity contribution >= 4 is 0 Å². The molecule has 0 spiro atoms. The zero-order valence-corrected chi connectivity index (χ0v) is 8.72. The van der Waals surface area contributed by atoms with Gasteiger partial charge in [-0.05, 0) is 25.7 Å². The predicted molar refractivity (Wildman–Crippen MR) is 56.1 cm³/mol. The van der Waals surface area contributed by atoms with Gasteiger partial charge in [0, 0.05) is 6.04 Å². The Labute approximate surface area is 77.0 Å². The van der Waals surface area contributed by atoms with Crippen LogP contribution in [0.5, 0.6) is 0 Å². The molecule has 0 rings (SSSR count). The number of hydrogen-bond acceptors (Lipinski definition) is 1. The molecule has 0 radical (unpaired) electrons. The molecule has 0 aliphatic heterocycles.